The molecule has 7 nitrogen and oxygen atoms in total. The molecule has 19 heavy (non-hydrogen) atoms. The van der Waals surface area contributed by atoms with E-state index < -0.39 is 0 Å². The van der Waals surface area contributed by atoms with Crippen LogP contribution in [-0.2, 0) is 0 Å². The van der Waals surface area contributed by atoms with Crippen molar-refractivity contribution in [1.29, 1.82) is 0 Å². The lowest BCUT2D eigenvalue weighted by molar-refractivity contribution is 0.897. The predicted octanol–water partition coefficient (Wildman–Crippen LogP) is 1.27. The Labute approximate surface area is 107 Å². The van der Waals surface area contributed by atoms with Crippen molar-refractivity contribution >= 4 is 27.8 Å². The van der Waals surface area contributed by atoms with Crippen LogP contribution in [0.3, 0.4) is 0 Å². The molecule has 0 unspecified atom stereocenters. The van der Waals surface area contributed by atoms with Gasteiger partial charge in [-0.1, -0.05) is 0 Å². The first-order chi connectivity index (χ1) is 9.33. The Morgan fingerprint density at radius 3 is 3.05 bits per heavy atom. The van der Waals surface area contributed by atoms with Crippen molar-refractivity contribution in [2.24, 2.45) is 0 Å². The standard InChI is InChI=1S/C12H9N7/c13-11-9-5-17-19(12(9)15-6-14-11)8-1-2-10-7(3-8)4-16-18-10/h1-6H,(H,16,18)(H2,13,14,15). The molecular weight excluding hydrogens is 242 g/mol. The van der Waals surface area contributed by atoms with Gasteiger partial charge in [-0.15, -0.1) is 0 Å². The van der Waals surface area contributed by atoms with Gasteiger partial charge in [-0.2, -0.15) is 10.2 Å². The molecule has 0 saturated carbocycles. The van der Waals surface area contributed by atoms with E-state index in [0.29, 0.717) is 11.5 Å². The van der Waals surface area contributed by atoms with Crippen molar-refractivity contribution < 1.29 is 0 Å². The first-order valence-electron chi connectivity index (χ1n) is 5.70. The fourth-order valence-corrected chi connectivity index (χ4v) is 2.11. The van der Waals surface area contributed by atoms with Gasteiger partial charge in [0.2, 0.25) is 0 Å². The van der Waals surface area contributed by atoms with Gasteiger partial charge in [0, 0.05) is 5.39 Å². The number of aromatic nitrogens is 6. The van der Waals surface area contributed by atoms with Gasteiger partial charge in [-0.25, -0.2) is 14.6 Å². The molecule has 0 aliphatic carbocycles. The fourth-order valence-electron chi connectivity index (χ4n) is 2.11. The van der Waals surface area contributed by atoms with Crippen LogP contribution in [0.25, 0.3) is 27.6 Å². The van der Waals surface area contributed by atoms with Crippen LogP contribution in [0.15, 0.2) is 36.9 Å². The SMILES string of the molecule is Nc1ncnc2c1cnn2-c1ccc2[nH]ncc2c1. The number of fused-ring (bicyclic) bond motifs is 2. The van der Waals surface area contributed by atoms with E-state index >= 15 is 0 Å². The lowest BCUT2D eigenvalue weighted by Crippen LogP contribution is -1.98. The van der Waals surface area contributed by atoms with Gasteiger partial charge in [-0.05, 0) is 18.2 Å². The zero-order chi connectivity index (χ0) is 12.8. The second-order valence-corrected chi connectivity index (χ2v) is 4.19. The molecule has 4 aromatic rings. The molecule has 7 heteroatoms. The molecule has 0 fully saturated rings. The smallest absolute Gasteiger partial charge is 0.168 e. The van der Waals surface area contributed by atoms with Gasteiger partial charge in [0.1, 0.15) is 12.1 Å². The first kappa shape index (κ1) is 10.0. The molecule has 0 aliphatic heterocycles. The summed E-state index contributed by atoms with van der Waals surface area (Å²) >= 11 is 0. The molecule has 3 N–H and O–H groups in total. The van der Waals surface area contributed by atoms with Crippen molar-refractivity contribution in [1.82, 2.24) is 29.9 Å². The van der Waals surface area contributed by atoms with Crippen molar-refractivity contribution in [3.8, 4) is 5.69 Å². The molecule has 0 atom stereocenters. The van der Waals surface area contributed by atoms with Gasteiger partial charge < -0.3 is 5.73 Å². The zero-order valence-electron chi connectivity index (χ0n) is 9.78. The highest BCUT2D eigenvalue weighted by Gasteiger charge is 2.09. The van der Waals surface area contributed by atoms with Crippen LogP contribution in [0.1, 0.15) is 0 Å². The highest BCUT2D eigenvalue weighted by molar-refractivity contribution is 5.87. The normalized spacial score (nSPS) is 11.4. The van der Waals surface area contributed by atoms with Gasteiger partial charge in [0.05, 0.1) is 29.0 Å². The van der Waals surface area contributed by atoms with E-state index in [1.165, 1.54) is 6.33 Å². The van der Waals surface area contributed by atoms with Crippen LogP contribution in [0.2, 0.25) is 0 Å². The summed E-state index contributed by atoms with van der Waals surface area (Å²) in [4.78, 5) is 8.19. The van der Waals surface area contributed by atoms with Crippen molar-refractivity contribution in [2.45, 2.75) is 0 Å². The molecule has 1 aromatic carbocycles. The number of nitrogens with one attached hydrogen (secondary N) is 1. The van der Waals surface area contributed by atoms with Crippen LogP contribution in [0.5, 0.6) is 0 Å². The van der Waals surface area contributed by atoms with Gasteiger partial charge >= 0.3 is 0 Å². The Morgan fingerprint density at radius 1 is 1.16 bits per heavy atom. The Bertz CT molecular complexity index is 889. The molecule has 0 amide bonds. The summed E-state index contributed by atoms with van der Waals surface area (Å²) in [6, 6.07) is 5.89. The number of nitrogens with zero attached hydrogens (tertiary/aromatic N) is 5. The van der Waals surface area contributed by atoms with Crippen LogP contribution < -0.4 is 5.73 Å². The molecular formula is C12H9N7. The Balaban J connectivity index is 2.00. The number of rotatable bonds is 1. The number of H-pyrrole nitrogens is 1. The molecule has 92 valence electrons. The number of benzene rings is 1. The molecule has 0 aliphatic rings. The van der Waals surface area contributed by atoms with Gasteiger partial charge in [0.15, 0.2) is 5.65 Å². The number of hydrogen-bond donors (Lipinski definition) is 2. The first-order valence-corrected chi connectivity index (χ1v) is 5.70. The fraction of sp³-hybridized carbons (Fsp3) is 0. The topological polar surface area (TPSA) is 98.3 Å². The molecule has 3 heterocycles. The number of nitrogens with two attached hydrogens (primary N) is 1. The monoisotopic (exact) mass is 251 g/mol. The average molecular weight is 251 g/mol. The second kappa shape index (κ2) is 3.52. The molecule has 0 bridgehead atoms. The van der Waals surface area contributed by atoms with E-state index in [2.05, 4.69) is 25.3 Å². The van der Waals surface area contributed by atoms with Gasteiger partial charge in [0.25, 0.3) is 0 Å². The summed E-state index contributed by atoms with van der Waals surface area (Å²) in [6.45, 7) is 0. The highest BCUT2D eigenvalue weighted by Crippen LogP contribution is 2.21. The summed E-state index contributed by atoms with van der Waals surface area (Å²) in [7, 11) is 0. The minimum Gasteiger partial charge on any atom is -0.383 e. The number of anilines is 1. The lowest BCUT2D eigenvalue weighted by Gasteiger charge is -2.02. The van der Waals surface area contributed by atoms with E-state index in [4.69, 9.17) is 5.73 Å². The van der Waals surface area contributed by atoms with Crippen LogP contribution in [0, 0.1) is 0 Å². The molecule has 4 rings (SSSR count). The molecule has 0 spiro atoms. The van der Waals surface area contributed by atoms with E-state index in [1.54, 1.807) is 17.1 Å². The summed E-state index contributed by atoms with van der Waals surface area (Å²) in [5.74, 6) is 0.431. The van der Waals surface area contributed by atoms with E-state index in [0.717, 1.165) is 22.0 Å². The zero-order valence-corrected chi connectivity index (χ0v) is 9.78. The largest absolute Gasteiger partial charge is 0.383 e. The van der Waals surface area contributed by atoms with Crippen LogP contribution in [-0.4, -0.2) is 29.9 Å². The summed E-state index contributed by atoms with van der Waals surface area (Å²) in [5, 5.41) is 13.0. The van der Waals surface area contributed by atoms with Crippen molar-refractivity contribution in [2.75, 3.05) is 5.73 Å². The third kappa shape index (κ3) is 1.38. The lowest BCUT2D eigenvalue weighted by atomic mass is 10.2. The molecule has 0 radical (unpaired) electrons. The van der Waals surface area contributed by atoms with Crippen molar-refractivity contribution in [3.63, 3.8) is 0 Å². The molecule has 0 saturated heterocycles. The second-order valence-electron chi connectivity index (χ2n) is 4.19. The average Bonchev–Trinajstić information content (AvgIpc) is 3.04. The number of nitrogen functional groups attached to an aromatic ring is 1. The maximum absolute atomic E-state index is 5.80. The predicted molar refractivity (Wildman–Crippen MR) is 70.7 cm³/mol. The summed E-state index contributed by atoms with van der Waals surface area (Å²) < 4.78 is 1.74. The van der Waals surface area contributed by atoms with Crippen LogP contribution in [0.4, 0.5) is 5.82 Å². The van der Waals surface area contributed by atoms with Gasteiger partial charge in [-0.3, -0.25) is 5.10 Å². The Hall–Kier alpha value is -2.96. The maximum Gasteiger partial charge on any atom is 0.168 e. The Morgan fingerprint density at radius 2 is 2.11 bits per heavy atom. The minimum absolute atomic E-state index is 0.431. The quantitative estimate of drug-likeness (QED) is 0.531. The third-order valence-electron chi connectivity index (χ3n) is 3.06. The van der Waals surface area contributed by atoms with E-state index in [1.807, 2.05) is 18.2 Å². The van der Waals surface area contributed by atoms with Crippen molar-refractivity contribution in [3.05, 3.63) is 36.9 Å². The third-order valence-corrected chi connectivity index (χ3v) is 3.06. The molecule has 3 aromatic heterocycles. The Kier molecular flexibility index (Phi) is 1.85. The summed E-state index contributed by atoms with van der Waals surface area (Å²) in [5.41, 5.74) is 8.38. The summed E-state index contributed by atoms with van der Waals surface area (Å²) in [6.07, 6.45) is 4.88. The minimum atomic E-state index is 0.431. The van der Waals surface area contributed by atoms with E-state index in [9.17, 15) is 0 Å². The van der Waals surface area contributed by atoms with E-state index in [-0.39, 0.29) is 0 Å². The maximum atomic E-state index is 5.80. The highest BCUT2D eigenvalue weighted by atomic mass is 15.3. The number of aromatic amines is 1. The number of hydrogen-bond acceptors (Lipinski definition) is 5. The van der Waals surface area contributed by atoms with Crippen LogP contribution >= 0.6 is 0 Å².